The number of allylic oxidation sites excluding steroid dienone is 2. The molecule has 2 aliphatic rings. The third-order valence-corrected chi connectivity index (χ3v) is 3.37. The number of hydrogen-bond donors (Lipinski definition) is 0. The largest absolute Gasteiger partial charge is 0.328 e. The Morgan fingerprint density at radius 1 is 1.43 bits per heavy atom. The predicted molar refractivity (Wildman–Crippen MR) is 60.0 cm³/mol. The molecule has 3 rings (SSSR count). The molecule has 0 radical (unpaired) electrons. The van der Waals surface area contributed by atoms with Crippen LogP contribution in [0.3, 0.4) is 0 Å². The van der Waals surface area contributed by atoms with Gasteiger partial charge in [0.2, 0.25) is 0 Å². The molecule has 0 atom stereocenters. The van der Waals surface area contributed by atoms with Crippen LogP contribution in [0.4, 0.5) is 5.00 Å². The van der Waals surface area contributed by atoms with Crippen molar-refractivity contribution in [3.63, 3.8) is 0 Å². The standard InChI is InChI=1S/C11H10N2S/c1-8-6-9-7-13-5-3-2-4-10(13)12-11(9)14-8/h2-6H,7H2,1H3. The first kappa shape index (κ1) is 8.00. The molecule has 0 saturated carbocycles. The molecule has 0 bridgehead atoms. The maximum Gasteiger partial charge on any atom is 0.134 e. The van der Waals surface area contributed by atoms with E-state index < -0.39 is 0 Å². The van der Waals surface area contributed by atoms with E-state index in [0.29, 0.717) is 0 Å². The average molecular weight is 202 g/mol. The second kappa shape index (κ2) is 2.82. The molecule has 3 heteroatoms. The quantitative estimate of drug-likeness (QED) is 0.631. The SMILES string of the molecule is Cc1cc2c(s1)N=C1C=CC=CN1C2. The van der Waals surface area contributed by atoms with Gasteiger partial charge in [-0.1, -0.05) is 6.08 Å². The van der Waals surface area contributed by atoms with E-state index in [4.69, 9.17) is 0 Å². The van der Waals surface area contributed by atoms with Crippen LogP contribution in [0.1, 0.15) is 10.4 Å². The Morgan fingerprint density at radius 3 is 3.29 bits per heavy atom. The average Bonchev–Trinajstić information content (AvgIpc) is 2.53. The van der Waals surface area contributed by atoms with E-state index in [1.807, 2.05) is 12.2 Å². The molecule has 3 heterocycles. The minimum absolute atomic E-state index is 0.958. The summed E-state index contributed by atoms with van der Waals surface area (Å²) in [6, 6.07) is 2.23. The maximum absolute atomic E-state index is 4.61. The number of aryl methyl sites for hydroxylation is 1. The van der Waals surface area contributed by atoms with Gasteiger partial charge in [-0.05, 0) is 25.1 Å². The van der Waals surface area contributed by atoms with Crippen molar-refractivity contribution in [1.29, 1.82) is 0 Å². The Kier molecular flexibility index (Phi) is 1.61. The first-order valence-electron chi connectivity index (χ1n) is 4.62. The van der Waals surface area contributed by atoms with E-state index in [1.54, 1.807) is 11.3 Å². The summed E-state index contributed by atoms with van der Waals surface area (Å²) < 4.78 is 0. The van der Waals surface area contributed by atoms with Crippen molar-refractivity contribution >= 4 is 22.2 Å². The Balaban J connectivity index is 2.12. The van der Waals surface area contributed by atoms with Gasteiger partial charge in [-0.25, -0.2) is 4.99 Å². The van der Waals surface area contributed by atoms with Crippen LogP contribution in [0.5, 0.6) is 0 Å². The van der Waals surface area contributed by atoms with Crippen molar-refractivity contribution in [2.45, 2.75) is 13.5 Å². The van der Waals surface area contributed by atoms with E-state index in [9.17, 15) is 0 Å². The number of aliphatic imine (C=N–C) groups is 1. The number of nitrogens with zero attached hydrogens (tertiary/aromatic N) is 2. The number of thiophene rings is 1. The number of amidine groups is 1. The fourth-order valence-corrected chi connectivity index (χ4v) is 2.65. The Morgan fingerprint density at radius 2 is 2.36 bits per heavy atom. The zero-order valence-electron chi connectivity index (χ0n) is 7.90. The molecule has 0 unspecified atom stereocenters. The highest BCUT2D eigenvalue weighted by Gasteiger charge is 2.18. The lowest BCUT2D eigenvalue weighted by Gasteiger charge is -2.25. The molecular weight excluding hydrogens is 192 g/mol. The first-order chi connectivity index (χ1) is 6.83. The van der Waals surface area contributed by atoms with E-state index in [2.05, 4.69) is 35.2 Å². The van der Waals surface area contributed by atoms with E-state index in [0.717, 1.165) is 12.4 Å². The molecule has 14 heavy (non-hydrogen) atoms. The van der Waals surface area contributed by atoms with Crippen molar-refractivity contribution in [2.24, 2.45) is 4.99 Å². The molecule has 0 spiro atoms. The molecular formula is C11H10N2S. The Bertz CT molecular complexity index is 466. The fourth-order valence-electron chi connectivity index (χ4n) is 1.75. The number of hydrogen-bond acceptors (Lipinski definition) is 3. The van der Waals surface area contributed by atoms with Gasteiger partial charge >= 0.3 is 0 Å². The van der Waals surface area contributed by atoms with Crippen molar-refractivity contribution in [1.82, 2.24) is 4.90 Å². The molecule has 1 aromatic heterocycles. The third kappa shape index (κ3) is 1.13. The van der Waals surface area contributed by atoms with Crippen LogP contribution in [0.2, 0.25) is 0 Å². The lowest BCUT2D eigenvalue weighted by atomic mass is 10.2. The topological polar surface area (TPSA) is 15.6 Å². The number of fused-ring (bicyclic) bond motifs is 2. The van der Waals surface area contributed by atoms with Crippen LogP contribution < -0.4 is 0 Å². The molecule has 2 aliphatic heterocycles. The summed E-state index contributed by atoms with van der Waals surface area (Å²) in [5.74, 6) is 1.06. The third-order valence-electron chi connectivity index (χ3n) is 2.38. The predicted octanol–water partition coefficient (Wildman–Crippen LogP) is 2.99. The van der Waals surface area contributed by atoms with Gasteiger partial charge in [-0.2, -0.15) is 0 Å². The molecule has 0 amide bonds. The van der Waals surface area contributed by atoms with Gasteiger partial charge in [0.1, 0.15) is 10.8 Å². The lowest BCUT2D eigenvalue weighted by Crippen LogP contribution is -2.26. The number of rotatable bonds is 0. The summed E-state index contributed by atoms with van der Waals surface area (Å²) in [7, 11) is 0. The Labute approximate surface area is 86.9 Å². The zero-order valence-corrected chi connectivity index (χ0v) is 8.71. The highest BCUT2D eigenvalue weighted by Crippen LogP contribution is 2.35. The summed E-state index contributed by atoms with van der Waals surface area (Å²) in [5, 5.41) is 1.17. The van der Waals surface area contributed by atoms with Gasteiger partial charge in [0.05, 0.1) is 6.54 Å². The van der Waals surface area contributed by atoms with Crippen LogP contribution in [0, 0.1) is 6.92 Å². The van der Waals surface area contributed by atoms with Crippen LogP contribution >= 0.6 is 11.3 Å². The van der Waals surface area contributed by atoms with E-state index in [1.165, 1.54) is 15.4 Å². The van der Waals surface area contributed by atoms with Gasteiger partial charge in [-0.3, -0.25) is 0 Å². The molecule has 0 fully saturated rings. The molecule has 1 aromatic rings. The summed E-state index contributed by atoms with van der Waals surface area (Å²) in [6.07, 6.45) is 8.21. The van der Waals surface area contributed by atoms with Crippen LogP contribution in [-0.4, -0.2) is 10.7 Å². The van der Waals surface area contributed by atoms with Crippen molar-refractivity contribution in [3.05, 3.63) is 40.9 Å². The van der Waals surface area contributed by atoms with Crippen LogP contribution in [-0.2, 0) is 6.54 Å². The van der Waals surface area contributed by atoms with Gasteiger partial charge < -0.3 is 4.90 Å². The fraction of sp³-hybridized carbons (Fsp3) is 0.182. The van der Waals surface area contributed by atoms with Crippen LogP contribution in [0.25, 0.3) is 0 Å². The summed E-state index contributed by atoms with van der Waals surface area (Å²) in [5.41, 5.74) is 1.34. The molecule has 0 saturated heterocycles. The minimum atomic E-state index is 0.958. The van der Waals surface area contributed by atoms with Gasteiger partial charge in [0, 0.05) is 16.6 Å². The highest BCUT2D eigenvalue weighted by atomic mass is 32.1. The Hall–Kier alpha value is -1.35. The first-order valence-corrected chi connectivity index (χ1v) is 5.44. The van der Waals surface area contributed by atoms with Crippen molar-refractivity contribution < 1.29 is 0 Å². The van der Waals surface area contributed by atoms with Gasteiger partial charge in [-0.15, -0.1) is 11.3 Å². The lowest BCUT2D eigenvalue weighted by molar-refractivity contribution is 0.546. The van der Waals surface area contributed by atoms with Crippen molar-refractivity contribution in [3.8, 4) is 0 Å². The highest BCUT2D eigenvalue weighted by molar-refractivity contribution is 7.16. The second-order valence-corrected chi connectivity index (χ2v) is 4.72. The van der Waals surface area contributed by atoms with Gasteiger partial charge in [0.25, 0.3) is 0 Å². The maximum atomic E-state index is 4.61. The second-order valence-electron chi connectivity index (χ2n) is 3.49. The smallest absolute Gasteiger partial charge is 0.134 e. The van der Waals surface area contributed by atoms with E-state index >= 15 is 0 Å². The minimum Gasteiger partial charge on any atom is -0.328 e. The van der Waals surface area contributed by atoms with E-state index in [-0.39, 0.29) is 0 Å². The molecule has 0 aliphatic carbocycles. The van der Waals surface area contributed by atoms with Gasteiger partial charge in [0.15, 0.2) is 0 Å². The summed E-state index contributed by atoms with van der Waals surface area (Å²) in [4.78, 5) is 8.13. The van der Waals surface area contributed by atoms with Crippen molar-refractivity contribution in [2.75, 3.05) is 0 Å². The molecule has 0 aromatic carbocycles. The van der Waals surface area contributed by atoms with Crippen LogP contribution in [0.15, 0.2) is 35.5 Å². The summed E-state index contributed by atoms with van der Waals surface area (Å²) in [6.45, 7) is 3.09. The molecule has 0 N–H and O–H groups in total. The summed E-state index contributed by atoms with van der Waals surface area (Å²) >= 11 is 1.77. The molecule has 2 nitrogen and oxygen atoms in total. The zero-order chi connectivity index (χ0) is 9.54. The monoisotopic (exact) mass is 202 g/mol. The molecule has 70 valence electrons. The normalized spacial score (nSPS) is 17.8.